The van der Waals surface area contributed by atoms with Gasteiger partial charge in [0.25, 0.3) is 6.43 Å². The molecule has 60 valence electrons. The van der Waals surface area contributed by atoms with Crippen molar-refractivity contribution in [2.24, 2.45) is 0 Å². The smallest absolute Gasteiger partial charge is 0.252 e. The van der Waals surface area contributed by atoms with Gasteiger partial charge in [0, 0.05) is 9.26 Å². The third-order valence-electron chi connectivity index (χ3n) is 1.16. The fraction of sp³-hybridized carbons (Fsp3) is 0.286. The molecule has 0 N–H and O–H groups in total. The summed E-state index contributed by atoms with van der Waals surface area (Å²) in [5.74, 6) is 0. The number of aryl methyl sites for hydroxylation is 1. The third-order valence-corrected chi connectivity index (χ3v) is 1.78. The molecule has 0 spiro atoms. The molecule has 0 fully saturated rings. The molecule has 0 atom stereocenters. The minimum atomic E-state index is -2.47. The fourth-order valence-electron chi connectivity index (χ4n) is 0.762. The van der Waals surface area contributed by atoms with Crippen LogP contribution in [0.25, 0.3) is 0 Å². The van der Waals surface area contributed by atoms with E-state index in [2.05, 4.69) is 4.98 Å². The first-order chi connectivity index (χ1) is 5.09. The first kappa shape index (κ1) is 8.83. The van der Waals surface area contributed by atoms with E-state index < -0.39 is 6.43 Å². The minimum absolute atomic E-state index is 0.144. The van der Waals surface area contributed by atoms with Crippen LogP contribution >= 0.6 is 22.6 Å². The Morgan fingerprint density at radius 2 is 2.09 bits per heavy atom. The number of aromatic nitrogens is 1. The maximum Gasteiger partial charge on any atom is 0.280 e. The minimum Gasteiger partial charge on any atom is -0.252 e. The van der Waals surface area contributed by atoms with Crippen LogP contribution in [0.5, 0.6) is 0 Å². The summed E-state index contributed by atoms with van der Waals surface area (Å²) in [4.78, 5) is 3.68. The van der Waals surface area contributed by atoms with Crippen LogP contribution in [0.4, 0.5) is 8.78 Å². The summed E-state index contributed by atoms with van der Waals surface area (Å²) >= 11 is 1.99. The molecule has 1 nitrogen and oxygen atoms in total. The Balaban J connectivity index is 3.08. The quantitative estimate of drug-likeness (QED) is 0.714. The zero-order valence-electron chi connectivity index (χ0n) is 5.81. The first-order valence-electron chi connectivity index (χ1n) is 3.02. The molecule has 1 aromatic rings. The van der Waals surface area contributed by atoms with Gasteiger partial charge >= 0.3 is 0 Å². The van der Waals surface area contributed by atoms with Crippen molar-refractivity contribution in [2.75, 3.05) is 0 Å². The summed E-state index contributed by atoms with van der Waals surface area (Å²) in [6.45, 7) is 1.70. The van der Waals surface area contributed by atoms with Crippen molar-refractivity contribution in [2.45, 2.75) is 13.3 Å². The Kier molecular flexibility index (Phi) is 2.75. The van der Waals surface area contributed by atoms with Gasteiger partial charge in [-0.1, -0.05) is 0 Å². The Morgan fingerprint density at radius 3 is 2.55 bits per heavy atom. The molecule has 0 amide bonds. The maximum absolute atomic E-state index is 12.1. The summed E-state index contributed by atoms with van der Waals surface area (Å²) in [7, 11) is 0. The predicted molar refractivity (Wildman–Crippen MR) is 46.6 cm³/mol. The van der Waals surface area contributed by atoms with Crippen molar-refractivity contribution in [1.29, 1.82) is 0 Å². The van der Waals surface area contributed by atoms with Crippen molar-refractivity contribution in [3.63, 3.8) is 0 Å². The van der Waals surface area contributed by atoms with Crippen LogP contribution in [0.3, 0.4) is 0 Å². The maximum atomic E-state index is 12.1. The van der Waals surface area contributed by atoms with Crippen molar-refractivity contribution < 1.29 is 8.78 Å². The Hall–Kier alpha value is -0.260. The molecule has 1 aromatic heterocycles. The van der Waals surface area contributed by atoms with Crippen LogP contribution < -0.4 is 0 Å². The summed E-state index contributed by atoms with van der Waals surface area (Å²) in [6.07, 6.45) is -2.47. The summed E-state index contributed by atoms with van der Waals surface area (Å²) in [5, 5.41) is 0. The second kappa shape index (κ2) is 3.42. The van der Waals surface area contributed by atoms with Gasteiger partial charge in [0.05, 0.1) is 0 Å². The molecule has 1 heterocycles. The van der Waals surface area contributed by atoms with Gasteiger partial charge in [0.2, 0.25) is 0 Å². The van der Waals surface area contributed by atoms with E-state index in [9.17, 15) is 8.78 Å². The second-order valence-electron chi connectivity index (χ2n) is 2.15. The van der Waals surface area contributed by atoms with E-state index in [1.54, 1.807) is 13.0 Å². The number of pyridine rings is 1. The average molecular weight is 269 g/mol. The van der Waals surface area contributed by atoms with E-state index in [0.29, 0.717) is 5.69 Å². The number of alkyl halides is 2. The lowest BCUT2D eigenvalue weighted by molar-refractivity contribution is 0.146. The van der Waals surface area contributed by atoms with Crippen molar-refractivity contribution in [1.82, 2.24) is 4.98 Å². The molecule has 0 aliphatic carbocycles. The molecular formula is C7H6F2IN. The van der Waals surface area contributed by atoms with Crippen LogP contribution in [0.1, 0.15) is 17.8 Å². The first-order valence-corrected chi connectivity index (χ1v) is 4.09. The predicted octanol–water partition coefficient (Wildman–Crippen LogP) is 2.93. The molecule has 0 aromatic carbocycles. The van der Waals surface area contributed by atoms with Crippen molar-refractivity contribution in [3.8, 4) is 0 Å². The van der Waals surface area contributed by atoms with Crippen molar-refractivity contribution >= 4 is 22.6 Å². The standard InChI is InChI=1S/C7H6F2IN/c1-4-2-5(10)3-6(11-4)7(8)9/h2-3,7H,1H3. The molecule has 0 aliphatic rings. The summed E-state index contributed by atoms with van der Waals surface area (Å²) in [6, 6.07) is 3.14. The van der Waals surface area contributed by atoms with Gasteiger partial charge in [-0.2, -0.15) is 0 Å². The highest BCUT2D eigenvalue weighted by Gasteiger charge is 2.08. The van der Waals surface area contributed by atoms with E-state index in [4.69, 9.17) is 0 Å². The molecule has 0 saturated heterocycles. The second-order valence-corrected chi connectivity index (χ2v) is 3.40. The zero-order valence-corrected chi connectivity index (χ0v) is 7.97. The average Bonchev–Trinajstić information content (AvgIpc) is 1.85. The lowest BCUT2D eigenvalue weighted by Crippen LogP contribution is -1.93. The topological polar surface area (TPSA) is 12.9 Å². The molecule has 11 heavy (non-hydrogen) atoms. The molecule has 0 saturated carbocycles. The molecule has 4 heteroatoms. The number of halogens is 3. The van der Waals surface area contributed by atoms with Crippen LogP contribution in [0.2, 0.25) is 0 Å². The molecule has 0 bridgehead atoms. The number of rotatable bonds is 1. The van der Waals surface area contributed by atoms with E-state index in [0.717, 1.165) is 3.57 Å². The van der Waals surface area contributed by atoms with Gasteiger partial charge in [-0.25, -0.2) is 8.78 Å². The monoisotopic (exact) mass is 269 g/mol. The van der Waals surface area contributed by atoms with Gasteiger partial charge < -0.3 is 0 Å². The van der Waals surface area contributed by atoms with Gasteiger partial charge in [0.1, 0.15) is 5.69 Å². The van der Waals surface area contributed by atoms with Gasteiger partial charge in [0.15, 0.2) is 0 Å². The van der Waals surface area contributed by atoms with Crippen LogP contribution in [-0.2, 0) is 0 Å². The lowest BCUT2D eigenvalue weighted by Gasteiger charge is -2.00. The Labute approximate surface area is 77.0 Å². The summed E-state index contributed by atoms with van der Waals surface area (Å²) in [5.41, 5.74) is 0.488. The van der Waals surface area contributed by atoms with Crippen LogP contribution in [0.15, 0.2) is 12.1 Å². The van der Waals surface area contributed by atoms with E-state index >= 15 is 0 Å². The molecule has 1 rings (SSSR count). The van der Waals surface area contributed by atoms with Crippen LogP contribution in [-0.4, -0.2) is 4.98 Å². The van der Waals surface area contributed by atoms with E-state index in [1.165, 1.54) is 6.07 Å². The van der Waals surface area contributed by atoms with Crippen LogP contribution in [0, 0.1) is 10.5 Å². The Morgan fingerprint density at radius 1 is 1.45 bits per heavy atom. The van der Waals surface area contributed by atoms with Gasteiger partial charge in [-0.15, -0.1) is 0 Å². The van der Waals surface area contributed by atoms with Crippen molar-refractivity contribution in [3.05, 3.63) is 27.1 Å². The highest BCUT2D eigenvalue weighted by molar-refractivity contribution is 14.1. The Bertz CT molecular complexity index is 242. The normalized spacial score (nSPS) is 10.6. The van der Waals surface area contributed by atoms with Gasteiger partial charge in [-0.3, -0.25) is 4.98 Å². The lowest BCUT2D eigenvalue weighted by atomic mass is 10.3. The molecule has 0 radical (unpaired) electrons. The van der Waals surface area contributed by atoms with Gasteiger partial charge in [-0.05, 0) is 41.6 Å². The molecular weight excluding hydrogens is 263 g/mol. The molecule has 0 unspecified atom stereocenters. The fourth-order valence-corrected chi connectivity index (χ4v) is 1.53. The molecule has 0 aliphatic heterocycles. The summed E-state index contributed by atoms with van der Waals surface area (Å²) < 4.78 is 24.9. The van der Waals surface area contributed by atoms with E-state index in [-0.39, 0.29) is 5.69 Å². The highest BCUT2D eigenvalue weighted by atomic mass is 127. The van der Waals surface area contributed by atoms with E-state index in [1.807, 2.05) is 22.6 Å². The number of nitrogens with zero attached hydrogens (tertiary/aromatic N) is 1. The number of hydrogen-bond donors (Lipinski definition) is 0. The zero-order chi connectivity index (χ0) is 8.43. The highest BCUT2D eigenvalue weighted by Crippen LogP contribution is 2.18. The SMILES string of the molecule is Cc1cc(I)cc(C(F)F)n1. The largest absolute Gasteiger partial charge is 0.280 e. The number of hydrogen-bond acceptors (Lipinski definition) is 1. The third kappa shape index (κ3) is 2.36.